The summed E-state index contributed by atoms with van der Waals surface area (Å²) < 4.78 is 2.71. The lowest BCUT2D eigenvalue weighted by Gasteiger charge is -2.01. The first-order valence-electron chi connectivity index (χ1n) is 5.03. The molecule has 2 aromatic rings. The average Bonchev–Trinajstić information content (AvgIpc) is 2.87. The Bertz CT molecular complexity index is 694. The lowest BCUT2D eigenvalue weighted by molar-refractivity contribution is -0.394. The second-order valence-corrected chi connectivity index (χ2v) is 5.95. The van der Waals surface area contributed by atoms with Crippen LogP contribution in [-0.4, -0.2) is 20.0 Å². The van der Waals surface area contributed by atoms with Gasteiger partial charge in [-0.25, -0.2) is 0 Å². The third-order valence-corrected chi connectivity index (χ3v) is 2.74. The Hall–Kier alpha value is -1.97. The summed E-state index contributed by atoms with van der Waals surface area (Å²) in [5.41, 5.74) is -1.01. The average molecular weight is 354 g/mol. The number of nitro benzene ring substituents is 2. The van der Waals surface area contributed by atoms with Crippen molar-refractivity contribution in [2.75, 3.05) is 0 Å². The van der Waals surface area contributed by atoms with Crippen molar-refractivity contribution >= 4 is 46.2 Å². The molecule has 9 nitrogen and oxygen atoms in total. The van der Waals surface area contributed by atoms with Gasteiger partial charge in [-0.15, -0.1) is 0 Å². The molecule has 0 fully saturated rings. The zero-order valence-electron chi connectivity index (χ0n) is 9.70. The van der Waals surface area contributed by atoms with Crippen LogP contribution in [0, 0.1) is 20.2 Å². The minimum atomic E-state index is -1.97. The van der Waals surface area contributed by atoms with Crippen LogP contribution in [0.1, 0.15) is 5.89 Å². The highest BCUT2D eigenvalue weighted by molar-refractivity contribution is 6.66. The molecule has 110 valence electrons. The van der Waals surface area contributed by atoms with Crippen molar-refractivity contribution in [3.05, 3.63) is 44.3 Å². The Balaban J connectivity index is 2.55. The summed E-state index contributed by atoms with van der Waals surface area (Å²) >= 11 is 16.6. The molecule has 12 heteroatoms. The molecule has 1 aromatic heterocycles. The molecule has 1 aromatic carbocycles. The normalized spacial score (nSPS) is 11.4. The van der Waals surface area contributed by atoms with E-state index in [4.69, 9.17) is 34.8 Å². The summed E-state index contributed by atoms with van der Waals surface area (Å²) in [5, 5.41) is 25.0. The van der Waals surface area contributed by atoms with Gasteiger partial charge in [0.2, 0.25) is 5.82 Å². The highest BCUT2D eigenvalue weighted by atomic mass is 35.6. The van der Waals surface area contributed by atoms with Gasteiger partial charge in [0.05, 0.1) is 15.9 Å². The fourth-order valence-corrected chi connectivity index (χ4v) is 1.62. The topological polar surface area (TPSA) is 125 Å². The fraction of sp³-hybridized carbons (Fsp3) is 0.111. The van der Waals surface area contributed by atoms with Gasteiger partial charge in [0.1, 0.15) is 0 Å². The molecule has 0 saturated carbocycles. The third kappa shape index (κ3) is 3.38. The van der Waals surface area contributed by atoms with Gasteiger partial charge in [-0.2, -0.15) is 4.98 Å². The predicted octanol–water partition coefficient (Wildman–Crippen LogP) is 3.38. The molecule has 21 heavy (non-hydrogen) atoms. The van der Waals surface area contributed by atoms with E-state index in [1.165, 1.54) is 0 Å². The first-order valence-corrected chi connectivity index (χ1v) is 6.17. The minimum absolute atomic E-state index is 0.0137. The maximum atomic E-state index is 10.8. The van der Waals surface area contributed by atoms with Crippen molar-refractivity contribution in [3.8, 4) is 11.4 Å². The van der Waals surface area contributed by atoms with Gasteiger partial charge in [-0.3, -0.25) is 20.2 Å². The Labute approximate surface area is 130 Å². The highest BCUT2D eigenvalue weighted by Crippen LogP contribution is 2.38. The van der Waals surface area contributed by atoms with Crippen LogP contribution < -0.4 is 0 Å². The summed E-state index contributed by atoms with van der Waals surface area (Å²) in [6.07, 6.45) is 0. The summed E-state index contributed by atoms with van der Waals surface area (Å²) in [5.74, 6) is -0.542. The van der Waals surface area contributed by atoms with Crippen molar-refractivity contribution in [1.29, 1.82) is 0 Å². The van der Waals surface area contributed by atoms with Crippen molar-refractivity contribution in [2.45, 2.75) is 3.79 Å². The third-order valence-electron chi connectivity index (χ3n) is 2.25. The number of nitrogens with zero attached hydrogens (tertiary/aromatic N) is 4. The lowest BCUT2D eigenvalue weighted by atomic mass is 10.1. The van der Waals surface area contributed by atoms with E-state index >= 15 is 0 Å². The summed E-state index contributed by atoms with van der Waals surface area (Å²) in [6.45, 7) is 0. The predicted molar refractivity (Wildman–Crippen MR) is 72.3 cm³/mol. The zero-order chi connectivity index (χ0) is 15.8. The minimum Gasteiger partial charge on any atom is -0.334 e. The number of alkyl halides is 3. The molecule has 0 aliphatic carbocycles. The van der Waals surface area contributed by atoms with Crippen LogP contribution in [0.2, 0.25) is 0 Å². The highest BCUT2D eigenvalue weighted by Gasteiger charge is 2.31. The van der Waals surface area contributed by atoms with Crippen molar-refractivity contribution in [1.82, 2.24) is 10.1 Å². The quantitative estimate of drug-likeness (QED) is 0.470. The van der Waals surface area contributed by atoms with Crippen molar-refractivity contribution in [2.24, 2.45) is 0 Å². The number of aromatic nitrogens is 2. The number of halogens is 3. The van der Waals surface area contributed by atoms with Crippen molar-refractivity contribution < 1.29 is 14.4 Å². The molecule has 0 N–H and O–H groups in total. The summed E-state index contributed by atoms with van der Waals surface area (Å²) in [7, 11) is 0. The van der Waals surface area contributed by atoms with Gasteiger partial charge in [-0.05, 0) is 0 Å². The fourth-order valence-electron chi connectivity index (χ4n) is 1.39. The second-order valence-electron chi connectivity index (χ2n) is 3.67. The summed E-state index contributed by atoms with van der Waals surface area (Å²) in [6, 6.07) is 2.89. The van der Waals surface area contributed by atoms with E-state index in [1.54, 1.807) is 0 Å². The number of hydrogen-bond acceptors (Lipinski definition) is 7. The van der Waals surface area contributed by atoms with Gasteiger partial charge in [-0.1, -0.05) is 40.0 Å². The Morgan fingerprint density at radius 2 is 1.57 bits per heavy atom. The molecule has 0 aliphatic heterocycles. The first-order chi connectivity index (χ1) is 9.68. The maximum Gasteiger partial charge on any atom is 0.279 e. The van der Waals surface area contributed by atoms with Gasteiger partial charge in [0, 0.05) is 17.7 Å². The Morgan fingerprint density at radius 1 is 1.05 bits per heavy atom. The molecule has 0 bridgehead atoms. The number of rotatable bonds is 3. The molecule has 0 saturated heterocycles. The van der Waals surface area contributed by atoms with E-state index < -0.39 is 25.0 Å². The van der Waals surface area contributed by atoms with E-state index in [2.05, 4.69) is 14.7 Å². The second kappa shape index (κ2) is 5.43. The first kappa shape index (κ1) is 15.4. The molecule has 0 radical (unpaired) electrons. The maximum absolute atomic E-state index is 10.8. The molecule has 2 rings (SSSR count). The van der Waals surface area contributed by atoms with E-state index in [0.717, 1.165) is 18.2 Å². The number of hydrogen-bond donors (Lipinski definition) is 0. The number of non-ortho nitro benzene ring substituents is 2. The van der Waals surface area contributed by atoms with E-state index in [0.29, 0.717) is 0 Å². The standard InChI is InChI=1S/C9H3Cl3N4O5/c10-9(11,12)8-13-7(14-21-8)4-1-5(15(17)18)3-6(2-4)16(19)20/h1-3H. The molecule has 0 amide bonds. The molecular formula is C9H3Cl3N4O5. The van der Waals surface area contributed by atoms with Crippen LogP contribution in [0.3, 0.4) is 0 Å². The van der Waals surface area contributed by atoms with Gasteiger partial charge >= 0.3 is 0 Å². The molecule has 0 spiro atoms. The Kier molecular flexibility index (Phi) is 3.99. The zero-order valence-corrected chi connectivity index (χ0v) is 12.0. The molecule has 0 atom stereocenters. The largest absolute Gasteiger partial charge is 0.334 e. The molecule has 0 unspecified atom stereocenters. The summed E-state index contributed by atoms with van der Waals surface area (Å²) in [4.78, 5) is 23.7. The Morgan fingerprint density at radius 3 is 1.95 bits per heavy atom. The molecular weight excluding hydrogens is 350 g/mol. The van der Waals surface area contributed by atoms with Crippen LogP contribution in [0.4, 0.5) is 11.4 Å². The SMILES string of the molecule is O=[N+]([O-])c1cc(-c2noc(C(Cl)(Cl)Cl)n2)cc([N+](=O)[O-])c1. The van der Waals surface area contributed by atoms with Crippen LogP contribution in [0.25, 0.3) is 11.4 Å². The van der Waals surface area contributed by atoms with E-state index in [9.17, 15) is 20.2 Å². The van der Waals surface area contributed by atoms with Crippen LogP contribution in [0.15, 0.2) is 22.7 Å². The lowest BCUT2D eigenvalue weighted by Crippen LogP contribution is -2.00. The van der Waals surface area contributed by atoms with Crippen molar-refractivity contribution in [3.63, 3.8) is 0 Å². The van der Waals surface area contributed by atoms with E-state index in [1.807, 2.05) is 0 Å². The van der Waals surface area contributed by atoms with Crippen LogP contribution in [-0.2, 0) is 3.79 Å². The van der Waals surface area contributed by atoms with E-state index in [-0.39, 0.29) is 17.3 Å². The number of nitro groups is 2. The number of benzene rings is 1. The van der Waals surface area contributed by atoms with Crippen LogP contribution in [0.5, 0.6) is 0 Å². The molecule has 1 heterocycles. The molecule has 0 aliphatic rings. The van der Waals surface area contributed by atoms with Gasteiger partial charge < -0.3 is 4.52 Å². The van der Waals surface area contributed by atoms with Gasteiger partial charge in [0.15, 0.2) is 0 Å². The van der Waals surface area contributed by atoms with Crippen LogP contribution >= 0.6 is 34.8 Å². The monoisotopic (exact) mass is 352 g/mol. The smallest absolute Gasteiger partial charge is 0.279 e. The van der Waals surface area contributed by atoms with Gasteiger partial charge in [0.25, 0.3) is 21.1 Å².